The lowest BCUT2D eigenvalue weighted by Gasteiger charge is -2.22. The molecule has 5 nitrogen and oxygen atoms in total. The van der Waals surface area contributed by atoms with Crippen LogP contribution in [0.1, 0.15) is 56.6 Å². The number of hydrogen-bond acceptors (Lipinski definition) is 4. The number of aliphatic hydroxyl groups is 1. The van der Waals surface area contributed by atoms with E-state index in [1.807, 2.05) is 35.2 Å². The number of aliphatic hydroxyl groups excluding tert-OH is 1. The Morgan fingerprint density at radius 1 is 1.37 bits per heavy atom. The van der Waals surface area contributed by atoms with Crippen LogP contribution in [-0.2, 0) is 14.3 Å². The molecule has 2 rings (SSSR count). The molecule has 6 heteroatoms. The average molecular weight is 438 g/mol. The largest absolute Gasteiger partial charge is 0.469 e. The molecule has 0 aromatic heterocycles. The summed E-state index contributed by atoms with van der Waals surface area (Å²) in [4.78, 5) is 25.1. The monoisotopic (exact) mass is 437 g/mol. The quantitative estimate of drug-likeness (QED) is 0.339. The number of esters is 1. The molecule has 1 heterocycles. The normalized spacial score (nSPS) is 18.3. The summed E-state index contributed by atoms with van der Waals surface area (Å²) in [5.41, 5.74) is 0.821. The summed E-state index contributed by atoms with van der Waals surface area (Å²) in [5.74, 6) is 0.00933. The van der Waals surface area contributed by atoms with Crippen LogP contribution in [0.4, 0.5) is 0 Å². The Morgan fingerprint density at radius 3 is 2.89 bits per heavy atom. The van der Waals surface area contributed by atoms with Gasteiger partial charge in [-0.05, 0) is 37.0 Å². The van der Waals surface area contributed by atoms with Gasteiger partial charge in [0.25, 0.3) is 0 Å². The topological polar surface area (TPSA) is 66.8 Å². The van der Waals surface area contributed by atoms with Crippen molar-refractivity contribution < 1.29 is 19.4 Å². The fourth-order valence-corrected chi connectivity index (χ4v) is 3.71. The van der Waals surface area contributed by atoms with Crippen LogP contribution < -0.4 is 0 Å². The maximum atomic E-state index is 12.2. The van der Waals surface area contributed by atoms with Crippen LogP contribution in [0.25, 0.3) is 0 Å². The Morgan fingerprint density at radius 2 is 2.15 bits per heavy atom. The lowest BCUT2D eigenvalue weighted by molar-refractivity contribution is -0.140. The van der Waals surface area contributed by atoms with E-state index < -0.39 is 6.10 Å². The van der Waals surface area contributed by atoms with E-state index in [0.717, 1.165) is 48.7 Å². The van der Waals surface area contributed by atoms with E-state index in [1.165, 1.54) is 7.11 Å². The van der Waals surface area contributed by atoms with Crippen LogP contribution in [0, 0.1) is 0 Å². The van der Waals surface area contributed by atoms with E-state index in [1.54, 1.807) is 6.08 Å². The summed E-state index contributed by atoms with van der Waals surface area (Å²) in [6, 6.07) is 7.63. The van der Waals surface area contributed by atoms with Crippen LogP contribution in [0.15, 0.2) is 40.9 Å². The van der Waals surface area contributed by atoms with Gasteiger partial charge in [0, 0.05) is 23.9 Å². The van der Waals surface area contributed by atoms with Gasteiger partial charge < -0.3 is 14.7 Å². The summed E-state index contributed by atoms with van der Waals surface area (Å²) >= 11 is 3.41. The fourth-order valence-electron chi connectivity index (χ4n) is 3.29. The van der Waals surface area contributed by atoms with Crippen molar-refractivity contribution in [1.82, 2.24) is 4.90 Å². The van der Waals surface area contributed by atoms with Crippen LogP contribution in [-0.4, -0.2) is 41.6 Å². The molecule has 0 radical (unpaired) electrons. The number of halogens is 1. The summed E-state index contributed by atoms with van der Waals surface area (Å²) in [7, 11) is 1.41. The smallest absolute Gasteiger partial charge is 0.305 e. The summed E-state index contributed by atoms with van der Waals surface area (Å²) in [6.45, 7) is 0.721. The highest BCUT2D eigenvalue weighted by Crippen LogP contribution is 2.24. The van der Waals surface area contributed by atoms with E-state index in [9.17, 15) is 14.7 Å². The molecule has 0 bridgehead atoms. The van der Waals surface area contributed by atoms with E-state index >= 15 is 0 Å². The van der Waals surface area contributed by atoms with Gasteiger partial charge in [0.15, 0.2) is 0 Å². The number of carbonyl (C=O) groups is 2. The number of unbranched alkanes of at least 4 members (excludes halogenated alkanes) is 3. The number of benzene rings is 1. The lowest BCUT2D eigenvalue weighted by Crippen LogP contribution is -2.32. The van der Waals surface area contributed by atoms with Crippen molar-refractivity contribution in [2.45, 2.75) is 57.1 Å². The van der Waals surface area contributed by atoms with E-state index in [4.69, 9.17) is 0 Å². The number of rotatable bonds is 10. The molecule has 148 valence electrons. The third kappa shape index (κ3) is 7.11. The predicted molar refractivity (Wildman–Crippen MR) is 108 cm³/mol. The molecule has 27 heavy (non-hydrogen) atoms. The first-order chi connectivity index (χ1) is 13.0. The molecule has 1 unspecified atom stereocenters. The third-order valence-electron chi connectivity index (χ3n) is 4.84. The first-order valence-electron chi connectivity index (χ1n) is 9.49. The van der Waals surface area contributed by atoms with Crippen molar-refractivity contribution in [2.75, 3.05) is 13.7 Å². The zero-order valence-electron chi connectivity index (χ0n) is 15.8. The number of methoxy groups -OCH3 is 1. The summed E-state index contributed by atoms with van der Waals surface area (Å²) in [5, 5.41) is 10.3. The molecule has 1 aliphatic heterocycles. The highest BCUT2D eigenvalue weighted by Gasteiger charge is 2.28. The Hall–Kier alpha value is -1.66. The zero-order valence-corrected chi connectivity index (χ0v) is 17.4. The Bertz CT molecular complexity index is 661. The molecule has 0 spiro atoms. The summed E-state index contributed by atoms with van der Waals surface area (Å²) < 4.78 is 5.56. The van der Waals surface area contributed by atoms with Crippen LogP contribution in [0.5, 0.6) is 0 Å². The van der Waals surface area contributed by atoms with Crippen LogP contribution in [0.2, 0.25) is 0 Å². The van der Waals surface area contributed by atoms with Crippen molar-refractivity contribution >= 4 is 27.8 Å². The molecule has 1 aromatic carbocycles. The van der Waals surface area contributed by atoms with Crippen molar-refractivity contribution in [3.63, 3.8) is 0 Å². The predicted octanol–water partition coefficient (Wildman–Crippen LogP) is 4.15. The third-order valence-corrected chi connectivity index (χ3v) is 5.33. The lowest BCUT2D eigenvalue weighted by atomic mass is 10.1. The van der Waals surface area contributed by atoms with Gasteiger partial charge >= 0.3 is 5.97 Å². The van der Waals surface area contributed by atoms with Gasteiger partial charge in [-0.15, -0.1) is 0 Å². The molecular weight excluding hydrogens is 410 g/mol. The highest BCUT2D eigenvalue weighted by atomic mass is 79.9. The molecule has 1 fully saturated rings. The van der Waals surface area contributed by atoms with Crippen molar-refractivity contribution in [2.24, 2.45) is 0 Å². The zero-order chi connectivity index (χ0) is 19.6. The van der Waals surface area contributed by atoms with Crippen LogP contribution in [0.3, 0.4) is 0 Å². The molecular formula is C21H28BrNO4. The molecule has 0 aliphatic carbocycles. The van der Waals surface area contributed by atoms with Crippen molar-refractivity contribution in [3.05, 3.63) is 46.5 Å². The van der Waals surface area contributed by atoms with Crippen molar-refractivity contribution in [1.29, 1.82) is 0 Å². The SMILES string of the molecule is COC(=O)CCCCCCN1C(=O)CCC1C=C[C@@H](O)c1cccc(Br)c1. The number of ether oxygens (including phenoxy) is 1. The number of likely N-dealkylation sites (tertiary alicyclic amines) is 1. The molecule has 1 amide bonds. The molecule has 0 saturated carbocycles. The standard InChI is InChI=1S/C21H28BrNO4/c1-27-21(26)9-4-2-3-5-14-23-18(11-13-20(23)25)10-12-19(24)16-7-6-8-17(22)15-16/h6-8,10,12,15,18-19,24H,2-5,9,11,13-14H2,1H3/t18?,19-/m1/s1. The molecule has 1 N–H and O–H groups in total. The second-order valence-electron chi connectivity index (χ2n) is 6.82. The Labute approximate surface area is 169 Å². The van der Waals surface area contributed by atoms with Gasteiger partial charge in [-0.2, -0.15) is 0 Å². The second kappa shape index (κ2) is 11.2. The van der Waals surface area contributed by atoms with Crippen molar-refractivity contribution in [3.8, 4) is 0 Å². The molecule has 1 aromatic rings. The van der Waals surface area contributed by atoms with Gasteiger partial charge in [-0.1, -0.05) is 53.1 Å². The van der Waals surface area contributed by atoms with E-state index in [-0.39, 0.29) is 17.9 Å². The maximum absolute atomic E-state index is 12.2. The first kappa shape index (κ1) is 21.6. The molecule has 1 aliphatic rings. The van der Waals surface area contributed by atoms with Gasteiger partial charge in [0.1, 0.15) is 0 Å². The van der Waals surface area contributed by atoms with Gasteiger partial charge in [0.2, 0.25) is 5.91 Å². The summed E-state index contributed by atoms with van der Waals surface area (Å²) in [6.07, 6.45) is 8.54. The van der Waals surface area contributed by atoms with Crippen LogP contribution >= 0.6 is 15.9 Å². The van der Waals surface area contributed by atoms with E-state index in [0.29, 0.717) is 12.8 Å². The number of amides is 1. The minimum Gasteiger partial charge on any atom is -0.469 e. The first-order valence-corrected chi connectivity index (χ1v) is 10.3. The number of nitrogens with zero attached hydrogens (tertiary/aromatic N) is 1. The average Bonchev–Trinajstić information content (AvgIpc) is 3.02. The van der Waals surface area contributed by atoms with E-state index in [2.05, 4.69) is 20.7 Å². The second-order valence-corrected chi connectivity index (χ2v) is 7.73. The van der Waals surface area contributed by atoms with Gasteiger partial charge in [0.05, 0.1) is 19.3 Å². The fraction of sp³-hybridized carbons (Fsp3) is 0.524. The minimum atomic E-state index is -0.682. The minimum absolute atomic E-state index is 0.0503. The highest BCUT2D eigenvalue weighted by molar-refractivity contribution is 9.10. The molecule has 1 saturated heterocycles. The van der Waals surface area contributed by atoms with Gasteiger partial charge in [-0.25, -0.2) is 0 Å². The van der Waals surface area contributed by atoms with Gasteiger partial charge in [-0.3, -0.25) is 9.59 Å². The number of carbonyl (C=O) groups excluding carboxylic acids is 2. The molecule has 2 atom stereocenters. The number of hydrogen-bond donors (Lipinski definition) is 1. The maximum Gasteiger partial charge on any atom is 0.305 e. The Balaban J connectivity index is 1.78. The Kier molecular flexibility index (Phi) is 9.01.